The molecule has 1 unspecified atom stereocenters. The number of ketones is 1. The Morgan fingerprint density at radius 2 is 1.93 bits per heavy atom. The number of anilines is 2. The largest absolute Gasteiger partial charge is 0.478 e. The lowest BCUT2D eigenvalue weighted by molar-refractivity contribution is -0.118. The number of carbonyl (C=O) groups is 3. The first-order chi connectivity index (χ1) is 20.0. The van der Waals surface area contributed by atoms with E-state index in [1.807, 2.05) is 13.8 Å². The third-order valence-electron chi connectivity index (χ3n) is 6.93. The van der Waals surface area contributed by atoms with Crippen LogP contribution < -0.4 is 16.0 Å². The molecule has 0 saturated carbocycles. The molecule has 10 nitrogen and oxygen atoms in total. The van der Waals surface area contributed by atoms with Crippen molar-refractivity contribution in [2.24, 2.45) is 11.1 Å². The molecule has 0 spiro atoms. The van der Waals surface area contributed by atoms with E-state index in [-0.39, 0.29) is 46.4 Å². The third-order valence-corrected chi connectivity index (χ3v) is 8.97. The maximum atomic E-state index is 15.0. The van der Waals surface area contributed by atoms with Gasteiger partial charge < -0.3 is 16.2 Å². The predicted molar refractivity (Wildman–Crippen MR) is 156 cm³/mol. The van der Waals surface area contributed by atoms with Gasteiger partial charge in [-0.05, 0) is 42.2 Å². The van der Waals surface area contributed by atoms with Gasteiger partial charge in [-0.1, -0.05) is 55.1 Å². The summed E-state index contributed by atoms with van der Waals surface area (Å²) < 4.78 is 15.5. The highest BCUT2D eigenvalue weighted by atomic mass is 32.2. The van der Waals surface area contributed by atoms with Gasteiger partial charge >= 0.3 is 5.97 Å². The number of carboxylic acids is 1. The molecule has 1 atom stereocenters. The second-order valence-electron chi connectivity index (χ2n) is 10.6. The predicted octanol–water partition coefficient (Wildman–Crippen LogP) is 5.05. The second kappa shape index (κ2) is 11.4. The lowest BCUT2D eigenvalue weighted by Crippen LogP contribution is -2.42. The summed E-state index contributed by atoms with van der Waals surface area (Å²) in [5.74, 6) is -3.02. The minimum atomic E-state index is -1.06. The molecular formula is C29H25FN6O4S2. The van der Waals surface area contributed by atoms with Crippen molar-refractivity contribution in [2.45, 2.75) is 36.9 Å². The standard InChI is InChI=1S/C29H25FN6O4S2/c1-29(2)11-20-24(21(37)12-29)23(17-5-3-4-6-19(17)30)18(13-31)25(32)36(20)27-34-35-28(42-27)41-14-22(38)33-16-9-7-15(8-10-16)26(39)40/h3-10,23H,11-12,14,32H2,1-2H3,(H,33,38)(H,39,40). The number of carbonyl (C=O) groups excluding carboxylic acids is 2. The first-order valence-corrected chi connectivity index (χ1v) is 14.6. The molecule has 3 aromatic rings. The van der Waals surface area contributed by atoms with Gasteiger partial charge in [0.2, 0.25) is 11.0 Å². The molecule has 0 saturated heterocycles. The maximum absolute atomic E-state index is 15.0. The quantitative estimate of drug-likeness (QED) is 0.311. The Hall–Kier alpha value is -4.54. The van der Waals surface area contributed by atoms with Crippen molar-refractivity contribution in [2.75, 3.05) is 16.0 Å². The zero-order valence-corrected chi connectivity index (χ0v) is 24.2. The van der Waals surface area contributed by atoms with Gasteiger partial charge in [-0.3, -0.25) is 14.5 Å². The Labute approximate surface area is 248 Å². The summed E-state index contributed by atoms with van der Waals surface area (Å²) in [4.78, 5) is 38.7. The summed E-state index contributed by atoms with van der Waals surface area (Å²) in [6.07, 6.45) is 0.665. The van der Waals surface area contributed by atoms with Crippen LogP contribution in [0.5, 0.6) is 0 Å². The van der Waals surface area contributed by atoms with E-state index in [0.717, 1.165) is 23.1 Å². The van der Waals surface area contributed by atoms with Gasteiger partial charge in [-0.15, -0.1) is 10.2 Å². The number of nitrogens with one attached hydrogen (secondary N) is 1. The van der Waals surface area contributed by atoms with Crippen LogP contribution in [0.1, 0.15) is 48.5 Å². The van der Waals surface area contributed by atoms with Crippen LogP contribution in [0.4, 0.5) is 15.2 Å². The highest BCUT2D eigenvalue weighted by Gasteiger charge is 2.46. The van der Waals surface area contributed by atoms with Crippen LogP contribution >= 0.6 is 23.1 Å². The van der Waals surface area contributed by atoms with Gasteiger partial charge in [0.25, 0.3) is 0 Å². The summed E-state index contributed by atoms with van der Waals surface area (Å²) >= 11 is 2.28. The van der Waals surface area contributed by atoms with E-state index >= 15 is 4.39 Å². The van der Waals surface area contributed by atoms with Crippen molar-refractivity contribution in [1.29, 1.82) is 5.26 Å². The fourth-order valence-corrected chi connectivity index (χ4v) is 6.80. The number of nitriles is 1. The smallest absolute Gasteiger partial charge is 0.335 e. The number of aromatic carboxylic acids is 1. The summed E-state index contributed by atoms with van der Waals surface area (Å²) in [6.45, 7) is 3.92. The number of halogens is 1. The van der Waals surface area contributed by atoms with Crippen LogP contribution in [-0.2, 0) is 9.59 Å². The molecule has 1 aromatic heterocycles. The number of amides is 1. The molecule has 2 aromatic carbocycles. The van der Waals surface area contributed by atoms with Crippen molar-refractivity contribution >= 4 is 51.6 Å². The van der Waals surface area contributed by atoms with Gasteiger partial charge in [0.05, 0.1) is 28.9 Å². The molecule has 2 aliphatic rings. The number of benzene rings is 2. The van der Waals surface area contributed by atoms with Crippen molar-refractivity contribution in [3.8, 4) is 6.07 Å². The van der Waals surface area contributed by atoms with Crippen molar-refractivity contribution in [1.82, 2.24) is 10.2 Å². The first kappa shape index (κ1) is 29.0. The van der Waals surface area contributed by atoms with Crippen LogP contribution in [0, 0.1) is 22.6 Å². The highest BCUT2D eigenvalue weighted by molar-refractivity contribution is 8.01. The van der Waals surface area contributed by atoms with Gasteiger partial charge in [-0.2, -0.15) is 5.26 Å². The van der Waals surface area contributed by atoms with Crippen LogP contribution in [0.2, 0.25) is 0 Å². The SMILES string of the molecule is CC1(C)CC(=O)C2=C(C1)N(c1nnc(SCC(=O)Nc3ccc(C(=O)O)cc3)s1)C(N)=C(C#N)C2c1ccccc1F. The molecule has 1 amide bonds. The normalized spacial score (nSPS) is 18.0. The van der Waals surface area contributed by atoms with E-state index in [0.29, 0.717) is 32.8 Å². The number of rotatable bonds is 7. The summed E-state index contributed by atoms with van der Waals surface area (Å²) in [6, 6.07) is 13.9. The Morgan fingerprint density at radius 3 is 2.60 bits per heavy atom. The average Bonchev–Trinajstić information content (AvgIpc) is 3.40. The van der Waals surface area contributed by atoms with E-state index in [4.69, 9.17) is 10.8 Å². The fourth-order valence-electron chi connectivity index (χ4n) is 5.12. The molecule has 4 N–H and O–H groups in total. The number of nitrogens with two attached hydrogens (primary N) is 1. The summed E-state index contributed by atoms with van der Waals surface area (Å²) in [5.41, 5.74) is 7.84. The number of Topliss-reactive ketones (excluding diaryl/α,β-unsaturated/α-hetero) is 1. The minimum Gasteiger partial charge on any atom is -0.478 e. The molecule has 0 bridgehead atoms. The van der Waals surface area contributed by atoms with Crippen LogP contribution in [0.25, 0.3) is 0 Å². The monoisotopic (exact) mass is 604 g/mol. The number of hydrogen-bond acceptors (Lipinski definition) is 10. The van der Waals surface area contributed by atoms with Crippen LogP contribution in [-0.4, -0.2) is 38.7 Å². The van der Waals surface area contributed by atoms with Gasteiger partial charge in [0.15, 0.2) is 10.1 Å². The van der Waals surface area contributed by atoms with Crippen molar-refractivity contribution in [3.05, 3.63) is 88.1 Å². The fraction of sp³-hybridized carbons (Fsp3) is 0.241. The van der Waals surface area contributed by atoms with Crippen molar-refractivity contribution < 1.29 is 23.9 Å². The number of allylic oxidation sites excluding steroid dienone is 3. The van der Waals surface area contributed by atoms with E-state index in [2.05, 4.69) is 21.6 Å². The molecule has 0 fully saturated rings. The molecule has 2 heterocycles. The van der Waals surface area contributed by atoms with E-state index in [1.54, 1.807) is 23.1 Å². The molecule has 214 valence electrons. The molecule has 42 heavy (non-hydrogen) atoms. The van der Waals surface area contributed by atoms with Gasteiger partial charge in [0, 0.05) is 28.9 Å². The van der Waals surface area contributed by atoms with E-state index in [9.17, 15) is 19.6 Å². The molecule has 5 rings (SSSR count). The zero-order chi connectivity index (χ0) is 30.2. The Morgan fingerprint density at radius 1 is 1.21 bits per heavy atom. The second-order valence-corrected chi connectivity index (χ2v) is 12.8. The average molecular weight is 605 g/mol. The lowest BCUT2D eigenvalue weighted by atomic mass is 9.68. The Bertz CT molecular complexity index is 1710. The molecule has 1 aliphatic carbocycles. The van der Waals surface area contributed by atoms with Crippen molar-refractivity contribution in [3.63, 3.8) is 0 Å². The van der Waals surface area contributed by atoms with Crippen LogP contribution in [0.3, 0.4) is 0 Å². The molecule has 13 heteroatoms. The highest BCUT2D eigenvalue weighted by Crippen LogP contribution is 2.51. The number of nitrogens with zero attached hydrogens (tertiary/aromatic N) is 4. The zero-order valence-electron chi connectivity index (χ0n) is 22.6. The van der Waals surface area contributed by atoms with E-state index < -0.39 is 23.1 Å². The van der Waals surface area contributed by atoms with Gasteiger partial charge in [0.1, 0.15) is 11.6 Å². The summed E-state index contributed by atoms with van der Waals surface area (Å²) in [5, 5.41) is 30.7. The van der Waals surface area contributed by atoms with E-state index in [1.165, 1.54) is 30.3 Å². The topological polar surface area (TPSA) is 162 Å². The molecule has 1 aliphatic heterocycles. The number of aromatic nitrogens is 2. The minimum absolute atomic E-state index is 0.00109. The molecule has 0 radical (unpaired) electrons. The van der Waals surface area contributed by atoms with Crippen LogP contribution in [0.15, 0.2) is 75.5 Å². The lowest BCUT2D eigenvalue weighted by Gasteiger charge is -2.42. The summed E-state index contributed by atoms with van der Waals surface area (Å²) in [7, 11) is 0. The maximum Gasteiger partial charge on any atom is 0.335 e. The molecular weight excluding hydrogens is 579 g/mol. The van der Waals surface area contributed by atoms with Gasteiger partial charge in [-0.25, -0.2) is 9.18 Å². The third kappa shape index (κ3) is 5.63. The Balaban J connectivity index is 1.43. The number of carboxylic acid groups (broad SMARTS) is 1. The number of hydrogen-bond donors (Lipinski definition) is 3. The first-order valence-electron chi connectivity index (χ1n) is 12.8. The Kier molecular flexibility index (Phi) is 7.85. The number of thioether (sulfide) groups is 1.